The summed E-state index contributed by atoms with van der Waals surface area (Å²) in [5.74, 6) is -0.0896. The SMILES string of the molecule is CO[Si](CCc1ccc(CS(=O)(=O)c2ncc[nH]2)cc1)(OC)OC. The summed E-state index contributed by atoms with van der Waals surface area (Å²) in [6.45, 7) is 0. The molecule has 2 aromatic rings. The largest absolute Gasteiger partial charge is 0.500 e. The fourth-order valence-corrected chi connectivity index (χ4v) is 5.31. The minimum Gasteiger partial charge on any atom is -0.377 e. The van der Waals surface area contributed by atoms with E-state index in [4.69, 9.17) is 13.3 Å². The van der Waals surface area contributed by atoms with E-state index >= 15 is 0 Å². The van der Waals surface area contributed by atoms with Crippen molar-refractivity contribution in [3.8, 4) is 0 Å². The van der Waals surface area contributed by atoms with E-state index in [1.54, 1.807) is 21.3 Å². The highest BCUT2D eigenvalue weighted by molar-refractivity contribution is 7.90. The van der Waals surface area contributed by atoms with Gasteiger partial charge in [-0.1, -0.05) is 24.3 Å². The molecule has 7 nitrogen and oxygen atoms in total. The minimum atomic E-state index is -3.45. The highest BCUT2D eigenvalue weighted by Crippen LogP contribution is 2.18. The van der Waals surface area contributed by atoms with Crippen molar-refractivity contribution in [2.75, 3.05) is 21.3 Å². The second kappa shape index (κ2) is 8.04. The zero-order valence-corrected chi connectivity index (χ0v) is 15.8. The molecule has 0 aliphatic rings. The lowest BCUT2D eigenvalue weighted by molar-refractivity contribution is 0.123. The molecular weight excluding hydrogens is 348 g/mol. The van der Waals surface area contributed by atoms with Gasteiger partial charge in [0.15, 0.2) is 0 Å². The van der Waals surface area contributed by atoms with Crippen LogP contribution in [0.5, 0.6) is 0 Å². The van der Waals surface area contributed by atoms with Gasteiger partial charge in [0.25, 0.3) is 0 Å². The quantitative estimate of drug-likeness (QED) is 0.677. The van der Waals surface area contributed by atoms with E-state index in [0.29, 0.717) is 11.6 Å². The Labute approximate surface area is 143 Å². The number of hydrogen-bond donors (Lipinski definition) is 1. The monoisotopic (exact) mass is 370 g/mol. The van der Waals surface area contributed by atoms with Gasteiger partial charge in [-0.05, 0) is 17.5 Å². The van der Waals surface area contributed by atoms with Crippen molar-refractivity contribution in [2.24, 2.45) is 0 Å². The van der Waals surface area contributed by atoms with Gasteiger partial charge in [-0.25, -0.2) is 13.4 Å². The Hall–Kier alpha value is -1.52. The molecule has 0 saturated carbocycles. The Morgan fingerprint density at radius 1 is 1.04 bits per heavy atom. The molecule has 0 radical (unpaired) electrons. The molecule has 132 valence electrons. The molecule has 0 aliphatic carbocycles. The normalized spacial score (nSPS) is 12.5. The Kier molecular flexibility index (Phi) is 6.30. The second-order valence-corrected chi connectivity index (χ2v) is 10.3. The highest BCUT2D eigenvalue weighted by atomic mass is 32.2. The molecule has 0 bridgehead atoms. The molecule has 0 unspecified atom stereocenters. The van der Waals surface area contributed by atoms with Gasteiger partial charge in [0, 0.05) is 39.8 Å². The van der Waals surface area contributed by atoms with Gasteiger partial charge < -0.3 is 18.3 Å². The summed E-state index contributed by atoms with van der Waals surface area (Å²) in [5.41, 5.74) is 1.78. The van der Waals surface area contributed by atoms with Crippen molar-refractivity contribution in [2.45, 2.75) is 23.4 Å². The summed E-state index contributed by atoms with van der Waals surface area (Å²) < 4.78 is 40.5. The highest BCUT2D eigenvalue weighted by Gasteiger charge is 2.37. The number of sulfone groups is 1. The van der Waals surface area contributed by atoms with Crippen LogP contribution >= 0.6 is 0 Å². The van der Waals surface area contributed by atoms with E-state index in [9.17, 15) is 8.42 Å². The number of nitrogens with zero attached hydrogens (tertiary/aromatic N) is 1. The molecule has 24 heavy (non-hydrogen) atoms. The van der Waals surface area contributed by atoms with Gasteiger partial charge in [-0.2, -0.15) is 0 Å². The molecule has 2 rings (SSSR count). The first kappa shape index (κ1) is 18.8. The van der Waals surface area contributed by atoms with Gasteiger partial charge in [-0.3, -0.25) is 0 Å². The summed E-state index contributed by atoms with van der Waals surface area (Å²) in [5, 5.41) is -0.0114. The van der Waals surface area contributed by atoms with Crippen LogP contribution in [-0.2, 0) is 35.3 Å². The summed E-state index contributed by atoms with van der Waals surface area (Å²) in [7, 11) is -1.29. The predicted molar refractivity (Wildman–Crippen MR) is 91.2 cm³/mol. The van der Waals surface area contributed by atoms with Gasteiger partial charge in [0.1, 0.15) is 0 Å². The number of rotatable bonds is 9. The Morgan fingerprint density at radius 2 is 1.62 bits per heavy atom. The lowest BCUT2D eigenvalue weighted by Gasteiger charge is -2.24. The minimum absolute atomic E-state index is 0.0114. The van der Waals surface area contributed by atoms with Crippen LogP contribution in [0, 0.1) is 0 Å². The molecule has 1 aromatic carbocycles. The number of nitrogens with one attached hydrogen (secondary N) is 1. The zero-order chi connectivity index (χ0) is 17.6. The number of H-pyrrole nitrogens is 1. The van der Waals surface area contributed by atoms with Crippen LogP contribution in [0.1, 0.15) is 11.1 Å². The smallest absolute Gasteiger partial charge is 0.377 e. The average Bonchev–Trinajstić information content (AvgIpc) is 3.13. The van der Waals surface area contributed by atoms with Crippen molar-refractivity contribution in [3.63, 3.8) is 0 Å². The lowest BCUT2D eigenvalue weighted by atomic mass is 10.1. The maximum atomic E-state index is 12.2. The molecule has 0 aliphatic heterocycles. The number of aryl methyl sites for hydroxylation is 1. The molecular formula is C15H22N2O5SSi. The zero-order valence-electron chi connectivity index (χ0n) is 14.0. The fraction of sp³-hybridized carbons (Fsp3) is 0.400. The van der Waals surface area contributed by atoms with Gasteiger partial charge in [-0.15, -0.1) is 0 Å². The topological polar surface area (TPSA) is 90.5 Å². The standard InChI is InChI=1S/C15H22N2O5SSi/c1-20-24(21-2,22-3)11-8-13-4-6-14(7-5-13)12-23(18,19)15-16-9-10-17-15/h4-7,9-10H,8,11-12H2,1-3H3,(H,16,17). The molecule has 1 heterocycles. The third-order valence-corrected chi connectivity index (χ3v) is 8.05. The number of hydrogen-bond acceptors (Lipinski definition) is 6. The van der Waals surface area contributed by atoms with E-state index in [0.717, 1.165) is 12.0 Å². The number of benzene rings is 1. The molecule has 0 saturated heterocycles. The first-order valence-electron chi connectivity index (χ1n) is 7.40. The van der Waals surface area contributed by atoms with Crippen molar-refractivity contribution < 1.29 is 21.7 Å². The van der Waals surface area contributed by atoms with Crippen LogP contribution in [0.3, 0.4) is 0 Å². The van der Waals surface area contributed by atoms with Crippen LogP contribution in [0.15, 0.2) is 41.8 Å². The van der Waals surface area contributed by atoms with Gasteiger partial charge in [0.05, 0.1) is 5.75 Å². The van der Waals surface area contributed by atoms with E-state index in [1.165, 1.54) is 12.4 Å². The summed E-state index contributed by atoms with van der Waals surface area (Å²) in [4.78, 5) is 6.43. The Balaban J connectivity index is 2.01. The Bertz CT molecular complexity index is 719. The molecule has 0 fully saturated rings. The van der Waals surface area contributed by atoms with E-state index in [2.05, 4.69) is 9.97 Å². The first-order chi connectivity index (χ1) is 11.4. The first-order valence-corrected chi connectivity index (χ1v) is 11.0. The molecule has 1 aromatic heterocycles. The number of imidazole rings is 1. The molecule has 0 atom stereocenters. The number of aromatic amines is 1. The van der Waals surface area contributed by atoms with Crippen LogP contribution in [0.4, 0.5) is 0 Å². The lowest BCUT2D eigenvalue weighted by Crippen LogP contribution is -2.43. The maximum absolute atomic E-state index is 12.2. The predicted octanol–water partition coefficient (Wildman–Crippen LogP) is 1.80. The molecule has 1 N–H and O–H groups in total. The summed E-state index contributed by atoms with van der Waals surface area (Å²) >= 11 is 0. The van der Waals surface area contributed by atoms with E-state index < -0.39 is 18.6 Å². The average molecular weight is 371 g/mol. The third-order valence-electron chi connectivity index (χ3n) is 3.80. The van der Waals surface area contributed by atoms with E-state index in [1.807, 2.05) is 24.3 Å². The van der Waals surface area contributed by atoms with Crippen LogP contribution in [0.25, 0.3) is 0 Å². The Morgan fingerprint density at radius 3 is 2.12 bits per heavy atom. The van der Waals surface area contributed by atoms with Crippen LogP contribution < -0.4 is 0 Å². The van der Waals surface area contributed by atoms with Gasteiger partial charge in [0.2, 0.25) is 15.0 Å². The summed E-state index contributed by atoms with van der Waals surface area (Å²) in [6.07, 6.45) is 3.65. The molecule has 0 amide bonds. The third kappa shape index (κ3) is 4.52. The van der Waals surface area contributed by atoms with Crippen molar-refractivity contribution in [3.05, 3.63) is 47.8 Å². The fourth-order valence-electron chi connectivity index (χ4n) is 2.36. The molecule has 0 spiro atoms. The maximum Gasteiger partial charge on any atom is 0.500 e. The van der Waals surface area contributed by atoms with Crippen LogP contribution in [0.2, 0.25) is 6.04 Å². The number of aromatic nitrogens is 2. The second-order valence-electron chi connectivity index (χ2n) is 5.27. The van der Waals surface area contributed by atoms with Gasteiger partial charge >= 0.3 is 8.80 Å². The van der Waals surface area contributed by atoms with Crippen LogP contribution in [-0.4, -0.2) is 48.5 Å². The van der Waals surface area contributed by atoms with Crippen molar-refractivity contribution in [1.82, 2.24) is 9.97 Å². The summed E-state index contributed by atoms with van der Waals surface area (Å²) in [6, 6.07) is 8.09. The van der Waals surface area contributed by atoms with Crippen molar-refractivity contribution in [1.29, 1.82) is 0 Å². The molecule has 9 heteroatoms. The van der Waals surface area contributed by atoms with Crippen molar-refractivity contribution >= 4 is 18.6 Å². The van der Waals surface area contributed by atoms with E-state index in [-0.39, 0.29) is 10.9 Å².